The second-order valence-electron chi connectivity index (χ2n) is 9.08. The molecule has 2 fully saturated rings. The van der Waals surface area contributed by atoms with E-state index in [-0.39, 0.29) is 28.9 Å². The largest absolute Gasteiger partial charge is 0.490 e. The summed E-state index contributed by atoms with van der Waals surface area (Å²) in [5.74, 6) is -1.01. The van der Waals surface area contributed by atoms with Crippen LogP contribution in [-0.2, 0) is 19.8 Å². The van der Waals surface area contributed by atoms with E-state index in [2.05, 4.69) is 0 Å². The molecule has 6 rings (SSSR count). The van der Waals surface area contributed by atoms with E-state index in [1.165, 1.54) is 17.0 Å². The number of halogens is 2. The lowest BCUT2D eigenvalue weighted by molar-refractivity contribution is -0.210. The maximum absolute atomic E-state index is 14.1. The number of benzene rings is 2. The highest BCUT2D eigenvalue weighted by Crippen LogP contribution is 2.56. The van der Waals surface area contributed by atoms with Crippen molar-refractivity contribution in [2.45, 2.75) is 36.7 Å². The summed E-state index contributed by atoms with van der Waals surface area (Å²) in [6.07, 6.45) is 1.57. The number of hydrogen-bond donors (Lipinski definition) is 1. The molecule has 3 atom stereocenters. The van der Waals surface area contributed by atoms with Gasteiger partial charge in [-0.2, -0.15) is 0 Å². The number of nitrogens with zero attached hydrogens (tertiary/aromatic N) is 2. The summed E-state index contributed by atoms with van der Waals surface area (Å²) in [6.45, 7) is 1.04. The van der Waals surface area contributed by atoms with Gasteiger partial charge in [0, 0.05) is 36.4 Å². The van der Waals surface area contributed by atoms with Crippen molar-refractivity contribution >= 4 is 23.5 Å². The van der Waals surface area contributed by atoms with E-state index in [9.17, 15) is 9.18 Å². The van der Waals surface area contributed by atoms with Crippen molar-refractivity contribution in [3.63, 3.8) is 0 Å². The molecule has 0 radical (unpaired) electrons. The lowest BCUT2D eigenvalue weighted by atomic mass is 9.65. The molecule has 1 amide bonds. The Balaban J connectivity index is 1.53. The molecular weight excluding hydrogens is 449 g/mol. The molecule has 3 aliphatic heterocycles. The first-order valence-corrected chi connectivity index (χ1v) is 11.4. The number of likely N-dealkylation sites (N-methyl/N-ethyl adjacent to an activating group) is 1. The highest BCUT2D eigenvalue weighted by atomic mass is 35.5. The van der Waals surface area contributed by atoms with Crippen molar-refractivity contribution in [1.82, 2.24) is 4.90 Å². The van der Waals surface area contributed by atoms with Crippen LogP contribution in [0.1, 0.15) is 24.8 Å². The number of guanidine groups is 1. The van der Waals surface area contributed by atoms with Gasteiger partial charge in [-0.1, -0.05) is 17.7 Å². The zero-order valence-corrected chi connectivity index (χ0v) is 18.8. The molecule has 2 spiro atoms. The topological polar surface area (TPSA) is 86.4 Å². The van der Waals surface area contributed by atoms with Crippen molar-refractivity contribution < 1.29 is 23.4 Å². The Labute approximate surface area is 195 Å². The monoisotopic (exact) mass is 471 g/mol. The maximum atomic E-state index is 14.1. The number of aliphatic imine (C=N–C) groups is 1. The Morgan fingerprint density at radius 2 is 1.97 bits per heavy atom. The minimum absolute atomic E-state index is 0.152. The average Bonchev–Trinajstić information content (AvgIpc) is 3.33. The van der Waals surface area contributed by atoms with E-state index in [1.54, 1.807) is 13.1 Å². The minimum atomic E-state index is -1.27. The summed E-state index contributed by atoms with van der Waals surface area (Å²) < 4.78 is 32.4. The molecule has 33 heavy (non-hydrogen) atoms. The maximum Gasteiger partial charge on any atom is 0.262 e. The highest BCUT2D eigenvalue weighted by Gasteiger charge is 2.63. The minimum Gasteiger partial charge on any atom is -0.490 e. The van der Waals surface area contributed by atoms with Crippen LogP contribution in [-0.4, -0.2) is 48.9 Å². The number of carbonyl (C=O) groups excluding carboxylic acids is 1. The summed E-state index contributed by atoms with van der Waals surface area (Å²) in [6, 6.07) is 9.82. The lowest BCUT2D eigenvalue weighted by Crippen LogP contribution is -2.58. The van der Waals surface area contributed by atoms with Crippen molar-refractivity contribution in [3.05, 3.63) is 52.8 Å². The van der Waals surface area contributed by atoms with Crippen LogP contribution >= 0.6 is 11.6 Å². The zero-order chi connectivity index (χ0) is 23.0. The molecule has 172 valence electrons. The van der Waals surface area contributed by atoms with Gasteiger partial charge in [-0.15, -0.1) is 0 Å². The van der Waals surface area contributed by atoms with Gasteiger partial charge in [0.05, 0.1) is 13.2 Å². The summed E-state index contributed by atoms with van der Waals surface area (Å²) >= 11 is 6.09. The van der Waals surface area contributed by atoms with Crippen LogP contribution < -0.4 is 10.5 Å². The smallest absolute Gasteiger partial charge is 0.262 e. The molecule has 0 bridgehead atoms. The number of hydrogen-bond acceptors (Lipinski definition) is 6. The van der Waals surface area contributed by atoms with E-state index < -0.39 is 17.1 Å². The third-order valence-corrected chi connectivity index (χ3v) is 7.49. The number of fused-ring (bicyclic) bond motifs is 4. The summed E-state index contributed by atoms with van der Waals surface area (Å²) in [7, 11) is 1.62. The lowest BCUT2D eigenvalue weighted by Gasteiger charge is -2.49. The second-order valence-corrected chi connectivity index (χ2v) is 9.52. The standard InChI is InChI=1S/C24H23ClFN3O4/c1-29-21(30)24(28-22(29)27)17-10-13(14-8-15(25)11-16(26)9-14)2-3-19(17)33-20-4-5-23(12-18(20)24)31-6-7-32-23/h2-3,8-11,18,20H,4-7,12H2,1H3,(H2,27,28). The number of ether oxygens (including phenoxy) is 3. The second kappa shape index (κ2) is 7.16. The molecule has 9 heteroatoms. The van der Waals surface area contributed by atoms with Crippen molar-refractivity contribution in [2.24, 2.45) is 16.6 Å². The van der Waals surface area contributed by atoms with Crippen LogP contribution in [0.25, 0.3) is 11.1 Å². The van der Waals surface area contributed by atoms with E-state index in [0.717, 1.165) is 0 Å². The Hall–Kier alpha value is -2.68. The first-order chi connectivity index (χ1) is 15.8. The fraction of sp³-hybridized carbons (Fsp3) is 0.417. The Bertz CT molecular complexity index is 1180. The van der Waals surface area contributed by atoms with Gasteiger partial charge in [0.15, 0.2) is 17.3 Å². The summed E-state index contributed by atoms with van der Waals surface area (Å²) in [4.78, 5) is 19.9. The fourth-order valence-corrected chi connectivity index (χ4v) is 5.94. The van der Waals surface area contributed by atoms with Crippen molar-refractivity contribution in [3.8, 4) is 16.9 Å². The van der Waals surface area contributed by atoms with Crippen LogP contribution in [0.4, 0.5) is 4.39 Å². The molecule has 2 N–H and O–H groups in total. The van der Waals surface area contributed by atoms with Gasteiger partial charge in [-0.25, -0.2) is 9.38 Å². The van der Waals surface area contributed by atoms with Gasteiger partial charge in [0.1, 0.15) is 17.7 Å². The summed E-state index contributed by atoms with van der Waals surface area (Å²) in [5.41, 5.74) is 6.80. The van der Waals surface area contributed by atoms with Gasteiger partial charge in [-0.3, -0.25) is 9.69 Å². The molecule has 1 aliphatic carbocycles. The SMILES string of the molecule is CN1C(=O)C2(N=C1N)c1cc(-c3cc(F)cc(Cl)c3)ccc1OC1CCC3(CC12)OCCO3. The molecule has 0 aromatic heterocycles. The quantitative estimate of drug-likeness (QED) is 0.688. The normalized spacial score (nSPS) is 29.7. The Morgan fingerprint density at radius 1 is 1.18 bits per heavy atom. The number of carbonyl (C=O) groups is 1. The molecule has 3 heterocycles. The van der Waals surface area contributed by atoms with Crippen LogP contribution in [0.3, 0.4) is 0 Å². The predicted molar refractivity (Wildman–Crippen MR) is 119 cm³/mol. The number of amides is 1. The zero-order valence-electron chi connectivity index (χ0n) is 18.0. The van der Waals surface area contributed by atoms with E-state index >= 15 is 0 Å². The van der Waals surface area contributed by atoms with Gasteiger partial charge in [-0.05, 0) is 47.9 Å². The van der Waals surface area contributed by atoms with Gasteiger partial charge in [0.2, 0.25) is 0 Å². The molecule has 4 aliphatic rings. The van der Waals surface area contributed by atoms with Crippen LogP contribution in [0.5, 0.6) is 5.75 Å². The van der Waals surface area contributed by atoms with Crippen molar-refractivity contribution in [2.75, 3.05) is 20.3 Å². The average molecular weight is 472 g/mol. The molecule has 1 saturated carbocycles. The van der Waals surface area contributed by atoms with E-state index in [4.69, 9.17) is 36.5 Å². The van der Waals surface area contributed by atoms with Crippen LogP contribution in [0, 0.1) is 11.7 Å². The van der Waals surface area contributed by atoms with Crippen LogP contribution in [0.15, 0.2) is 41.4 Å². The molecule has 3 unspecified atom stereocenters. The van der Waals surface area contributed by atoms with Crippen molar-refractivity contribution in [1.29, 1.82) is 0 Å². The van der Waals surface area contributed by atoms with Gasteiger partial charge < -0.3 is 19.9 Å². The Kier molecular flexibility index (Phi) is 4.53. The number of nitrogens with two attached hydrogens (primary N) is 1. The van der Waals surface area contributed by atoms with E-state index in [0.29, 0.717) is 54.9 Å². The van der Waals surface area contributed by atoms with Gasteiger partial charge in [0.25, 0.3) is 5.91 Å². The molecular formula is C24H23ClFN3O4. The molecule has 7 nitrogen and oxygen atoms in total. The Morgan fingerprint density at radius 3 is 2.67 bits per heavy atom. The van der Waals surface area contributed by atoms with Crippen LogP contribution in [0.2, 0.25) is 5.02 Å². The molecule has 2 aromatic carbocycles. The molecule has 2 aromatic rings. The summed E-state index contributed by atoms with van der Waals surface area (Å²) in [5, 5.41) is 0.289. The first kappa shape index (κ1) is 20.9. The third kappa shape index (κ3) is 3.01. The third-order valence-electron chi connectivity index (χ3n) is 7.27. The first-order valence-electron chi connectivity index (χ1n) is 11.0. The predicted octanol–water partition coefficient (Wildman–Crippen LogP) is 3.43. The highest BCUT2D eigenvalue weighted by molar-refractivity contribution is 6.30. The van der Waals surface area contributed by atoms with E-state index in [1.807, 2.05) is 18.2 Å². The number of rotatable bonds is 1. The van der Waals surface area contributed by atoms with Gasteiger partial charge >= 0.3 is 0 Å². The molecule has 1 saturated heterocycles. The fourth-order valence-electron chi connectivity index (χ4n) is 5.72.